The van der Waals surface area contributed by atoms with Crippen LogP contribution in [0.25, 0.3) is 31.7 Å². The van der Waals surface area contributed by atoms with Gasteiger partial charge in [-0.05, 0) is 32.0 Å². The van der Waals surface area contributed by atoms with E-state index in [0.29, 0.717) is 6.04 Å². The van der Waals surface area contributed by atoms with Gasteiger partial charge in [-0.2, -0.15) is 0 Å². The minimum Gasteiger partial charge on any atom is -0.344 e. The summed E-state index contributed by atoms with van der Waals surface area (Å²) < 4.78 is 3.57. The standard InChI is InChI=1S/C18H16N2S/c1-12(2)20-11-14(13-7-3-5-9-16(13)20)18-19-15-8-4-6-10-17(15)21-18/h3-12H,1-2H3. The number of rotatable bonds is 2. The molecule has 2 heterocycles. The van der Waals surface area contributed by atoms with Gasteiger partial charge in [-0.25, -0.2) is 4.98 Å². The SMILES string of the molecule is CC(C)n1cc(-c2nc3ccccc3s2)c2ccccc21. The minimum atomic E-state index is 0.443. The molecule has 0 amide bonds. The Bertz CT molecular complexity index is 898. The summed E-state index contributed by atoms with van der Waals surface area (Å²) >= 11 is 1.77. The topological polar surface area (TPSA) is 17.8 Å². The molecule has 3 heteroatoms. The van der Waals surface area contributed by atoms with Crippen LogP contribution in [0.3, 0.4) is 0 Å². The second kappa shape index (κ2) is 4.71. The maximum Gasteiger partial charge on any atom is 0.126 e. The zero-order chi connectivity index (χ0) is 14.4. The van der Waals surface area contributed by atoms with E-state index in [0.717, 1.165) is 10.5 Å². The molecule has 0 unspecified atom stereocenters. The Morgan fingerprint density at radius 1 is 1.00 bits per heavy atom. The van der Waals surface area contributed by atoms with Crippen molar-refractivity contribution in [3.63, 3.8) is 0 Å². The molecule has 0 saturated heterocycles. The van der Waals surface area contributed by atoms with Crippen LogP contribution < -0.4 is 0 Å². The zero-order valence-corrected chi connectivity index (χ0v) is 12.9. The van der Waals surface area contributed by atoms with Crippen molar-refractivity contribution in [1.82, 2.24) is 9.55 Å². The summed E-state index contributed by atoms with van der Waals surface area (Å²) in [5, 5.41) is 2.39. The van der Waals surface area contributed by atoms with Crippen molar-refractivity contribution in [3.8, 4) is 10.6 Å². The number of thiazole rings is 1. The lowest BCUT2D eigenvalue weighted by Gasteiger charge is -2.08. The van der Waals surface area contributed by atoms with E-state index < -0.39 is 0 Å². The van der Waals surface area contributed by atoms with Crippen LogP contribution in [0, 0.1) is 0 Å². The van der Waals surface area contributed by atoms with Crippen molar-refractivity contribution >= 4 is 32.5 Å². The van der Waals surface area contributed by atoms with Crippen LogP contribution in [0.15, 0.2) is 54.7 Å². The lowest BCUT2D eigenvalue weighted by Crippen LogP contribution is -1.97. The predicted octanol–water partition coefficient (Wildman–Crippen LogP) is 5.50. The molecule has 0 saturated carbocycles. The summed E-state index contributed by atoms with van der Waals surface area (Å²) in [4.78, 5) is 4.81. The van der Waals surface area contributed by atoms with Crippen LogP contribution in [-0.4, -0.2) is 9.55 Å². The minimum absolute atomic E-state index is 0.443. The molecule has 0 aliphatic rings. The Balaban J connectivity index is 2.01. The van der Waals surface area contributed by atoms with Crippen LogP contribution >= 0.6 is 11.3 Å². The van der Waals surface area contributed by atoms with E-state index in [2.05, 4.69) is 67.1 Å². The first-order chi connectivity index (χ1) is 10.2. The molecule has 2 nitrogen and oxygen atoms in total. The van der Waals surface area contributed by atoms with Crippen LogP contribution in [0.1, 0.15) is 19.9 Å². The van der Waals surface area contributed by atoms with E-state index in [4.69, 9.17) is 4.98 Å². The van der Waals surface area contributed by atoms with Gasteiger partial charge in [0.1, 0.15) is 5.01 Å². The molecular weight excluding hydrogens is 276 g/mol. The molecule has 0 atom stereocenters. The molecule has 0 N–H and O–H groups in total. The molecule has 0 aliphatic carbocycles. The first-order valence-electron chi connectivity index (χ1n) is 7.19. The van der Waals surface area contributed by atoms with Crippen molar-refractivity contribution in [3.05, 3.63) is 54.7 Å². The number of aromatic nitrogens is 2. The molecule has 0 spiro atoms. The Labute approximate surface area is 127 Å². The van der Waals surface area contributed by atoms with Gasteiger partial charge in [0.25, 0.3) is 0 Å². The van der Waals surface area contributed by atoms with Crippen molar-refractivity contribution in [2.45, 2.75) is 19.9 Å². The summed E-state index contributed by atoms with van der Waals surface area (Å²) in [7, 11) is 0. The Hall–Kier alpha value is -2.13. The summed E-state index contributed by atoms with van der Waals surface area (Å²) in [5.74, 6) is 0. The highest BCUT2D eigenvalue weighted by molar-refractivity contribution is 7.21. The average Bonchev–Trinajstić information content (AvgIpc) is 3.08. The number of benzene rings is 2. The van der Waals surface area contributed by atoms with E-state index in [9.17, 15) is 0 Å². The van der Waals surface area contributed by atoms with Gasteiger partial charge in [-0.3, -0.25) is 0 Å². The van der Waals surface area contributed by atoms with Crippen LogP contribution in [0.4, 0.5) is 0 Å². The number of para-hydroxylation sites is 2. The average molecular weight is 292 g/mol. The third-order valence-corrected chi connectivity index (χ3v) is 4.89. The summed E-state index contributed by atoms with van der Waals surface area (Å²) in [6.45, 7) is 4.43. The molecule has 21 heavy (non-hydrogen) atoms. The van der Waals surface area contributed by atoms with Gasteiger partial charge in [-0.1, -0.05) is 30.3 Å². The lowest BCUT2D eigenvalue weighted by molar-refractivity contribution is 0.623. The monoisotopic (exact) mass is 292 g/mol. The number of nitrogens with zero attached hydrogens (tertiary/aromatic N) is 2. The molecule has 104 valence electrons. The Morgan fingerprint density at radius 2 is 1.76 bits per heavy atom. The maximum absolute atomic E-state index is 4.81. The fourth-order valence-electron chi connectivity index (χ4n) is 2.79. The van der Waals surface area contributed by atoms with E-state index >= 15 is 0 Å². The third kappa shape index (κ3) is 1.96. The molecule has 0 aliphatic heterocycles. The number of hydrogen-bond acceptors (Lipinski definition) is 2. The Morgan fingerprint density at radius 3 is 2.57 bits per heavy atom. The predicted molar refractivity (Wildman–Crippen MR) is 90.9 cm³/mol. The fourth-order valence-corrected chi connectivity index (χ4v) is 3.78. The maximum atomic E-state index is 4.81. The number of fused-ring (bicyclic) bond motifs is 2. The third-order valence-electron chi connectivity index (χ3n) is 3.82. The van der Waals surface area contributed by atoms with Crippen LogP contribution in [0.5, 0.6) is 0 Å². The van der Waals surface area contributed by atoms with Gasteiger partial charge in [0.05, 0.1) is 10.2 Å². The molecule has 2 aromatic heterocycles. The quantitative estimate of drug-likeness (QED) is 0.477. The summed E-state index contributed by atoms with van der Waals surface area (Å²) in [6.07, 6.45) is 2.24. The van der Waals surface area contributed by atoms with Gasteiger partial charge in [0.15, 0.2) is 0 Å². The van der Waals surface area contributed by atoms with E-state index in [1.54, 1.807) is 11.3 Å². The largest absolute Gasteiger partial charge is 0.344 e. The highest BCUT2D eigenvalue weighted by Gasteiger charge is 2.14. The lowest BCUT2D eigenvalue weighted by atomic mass is 10.2. The van der Waals surface area contributed by atoms with Crippen molar-refractivity contribution < 1.29 is 0 Å². The number of hydrogen-bond donors (Lipinski definition) is 0. The van der Waals surface area contributed by atoms with E-state index in [1.807, 2.05) is 6.07 Å². The molecular formula is C18H16N2S. The van der Waals surface area contributed by atoms with Crippen molar-refractivity contribution in [2.75, 3.05) is 0 Å². The Kier molecular flexibility index (Phi) is 2.82. The highest BCUT2D eigenvalue weighted by atomic mass is 32.1. The van der Waals surface area contributed by atoms with Gasteiger partial charge in [0, 0.05) is 28.7 Å². The molecule has 4 rings (SSSR count). The van der Waals surface area contributed by atoms with E-state index in [1.165, 1.54) is 21.2 Å². The second-order valence-corrected chi connectivity index (χ2v) is 6.58. The van der Waals surface area contributed by atoms with E-state index in [-0.39, 0.29) is 0 Å². The smallest absolute Gasteiger partial charge is 0.126 e. The first kappa shape index (κ1) is 12.6. The first-order valence-corrected chi connectivity index (χ1v) is 8.01. The summed E-state index contributed by atoms with van der Waals surface area (Å²) in [6, 6.07) is 17.4. The highest BCUT2D eigenvalue weighted by Crippen LogP contribution is 2.36. The fraction of sp³-hybridized carbons (Fsp3) is 0.167. The molecule has 4 aromatic rings. The van der Waals surface area contributed by atoms with Gasteiger partial charge in [0.2, 0.25) is 0 Å². The van der Waals surface area contributed by atoms with Gasteiger partial charge in [-0.15, -0.1) is 11.3 Å². The van der Waals surface area contributed by atoms with Crippen molar-refractivity contribution in [1.29, 1.82) is 0 Å². The molecule has 0 radical (unpaired) electrons. The van der Waals surface area contributed by atoms with Crippen LogP contribution in [0.2, 0.25) is 0 Å². The van der Waals surface area contributed by atoms with Gasteiger partial charge >= 0.3 is 0 Å². The van der Waals surface area contributed by atoms with Crippen LogP contribution in [-0.2, 0) is 0 Å². The zero-order valence-electron chi connectivity index (χ0n) is 12.1. The second-order valence-electron chi connectivity index (χ2n) is 5.55. The molecule has 0 fully saturated rings. The van der Waals surface area contributed by atoms with Gasteiger partial charge < -0.3 is 4.57 Å². The molecule has 2 aromatic carbocycles. The normalized spacial score (nSPS) is 11.8. The molecule has 0 bridgehead atoms. The van der Waals surface area contributed by atoms with Crippen molar-refractivity contribution in [2.24, 2.45) is 0 Å². The summed E-state index contributed by atoms with van der Waals surface area (Å²) in [5.41, 5.74) is 3.60.